The van der Waals surface area contributed by atoms with E-state index in [1.807, 2.05) is 43.7 Å². The van der Waals surface area contributed by atoms with E-state index in [1.54, 1.807) is 0 Å². The maximum atomic E-state index is 11.5. The quantitative estimate of drug-likeness (QED) is 0.778. The summed E-state index contributed by atoms with van der Waals surface area (Å²) in [5.74, 6) is 0.0168. The Bertz CT molecular complexity index is 328. The molecule has 0 fully saturated rings. The van der Waals surface area contributed by atoms with Gasteiger partial charge in [-0.25, -0.2) is 0 Å². The molecule has 1 atom stereocenters. The van der Waals surface area contributed by atoms with Crippen LogP contribution in [0.2, 0.25) is 0 Å². The number of nitrogens with one attached hydrogen (secondary N) is 1. The minimum absolute atomic E-state index is 0.0168. The molecule has 15 heavy (non-hydrogen) atoms. The maximum Gasteiger partial charge on any atom is 0.240 e. The van der Waals surface area contributed by atoms with E-state index >= 15 is 0 Å². The van der Waals surface area contributed by atoms with Gasteiger partial charge >= 0.3 is 0 Å². The van der Waals surface area contributed by atoms with Crippen LogP contribution < -0.4 is 11.1 Å². The molecule has 0 aliphatic carbocycles. The summed E-state index contributed by atoms with van der Waals surface area (Å²) >= 11 is 0. The molecule has 0 radical (unpaired) electrons. The van der Waals surface area contributed by atoms with Crippen molar-refractivity contribution in [2.45, 2.75) is 39.4 Å². The third-order valence-electron chi connectivity index (χ3n) is 2.09. The lowest BCUT2D eigenvalue weighted by Crippen LogP contribution is -2.33. The fourth-order valence-electron chi connectivity index (χ4n) is 1.51. The van der Waals surface area contributed by atoms with Crippen molar-refractivity contribution in [2.75, 3.05) is 0 Å². The number of rotatable bonds is 4. The summed E-state index contributed by atoms with van der Waals surface area (Å²) in [6.45, 7) is 6.13. The second-order valence-corrected chi connectivity index (χ2v) is 4.07. The second-order valence-electron chi connectivity index (χ2n) is 4.07. The van der Waals surface area contributed by atoms with Crippen LogP contribution in [0.25, 0.3) is 0 Å². The summed E-state index contributed by atoms with van der Waals surface area (Å²) in [5, 5.41) is 2.85. The zero-order valence-electron chi connectivity index (χ0n) is 9.53. The molecular weight excluding hydrogens is 190 g/mol. The predicted octanol–water partition coefficient (Wildman–Crippen LogP) is 1.03. The van der Waals surface area contributed by atoms with Gasteiger partial charge in [0, 0.05) is 24.0 Å². The number of hydrogen-bond donors (Lipinski definition) is 2. The van der Waals surface area contributed by atoms with E-state index in [0.29, 0.717) is 6.54 Å². The van der Waals surface area contributed by atoms with Gasteiger partial charge in [-0.05, 0) is 32.9 Å². The van der Waals surface area contributed by atoms with Gasteiger partial charge in [-0.15, -0.1) is 0 Å². The molecule has 0 saturated carbocycles. The largest absolute Gasteiger partial charge is 0.352 e. The first kappa shape index (κ1) is 11.8. The zero-order chi connectivity index (χ0) is 11.4. The number of carbonyl (C=O) groups is 1. The maximum absolute atomic E-state index is 11.5. The van der Waals surface area contributed by atoms with Crippen molar-refractivity contribution in [3.8, 4) is 0 Å². The first-order chi connectivity index (χ1) is 7.00. The SMILES string of the molecule is CC(C)NC(=O)Cn1cccc1C(C)N. The Labute approximate surface area is 90.5 Å². The summed E-state index contributed by atoms with van der Waals surface area (Å²) in [5.41, 5.74) is 6.76. The first-order valence-corrected chi connectivity index (χ1v) is 5.20. The predicted molar refractivity (Wildman–Crippen MR) is 60.3 cm³/mol. The lowest BCUT2D eigenvalue weighted by Gasteiger charge is -2.13. The smallest absolute Gasteiger partial charge is 0.240 e. The molecule has 0 aliphatic heterocycles. The highest BCUT2D eigenvalue weighted by molar-refractivity contribution is 5.76. The summed E-state index contributed by atoms with van der Waals surface area (Å²) in [6, 6.07) is 3.97. The Hall–Kier alpha value is -1.29. The van der Waals surface area contributed by atoms with Crippen molar-refractivity contribution in [2.24, 2.45) is 5.73 Å². The van der Waals surface area contributed by atoms with Gasteiger partial charge in [-0.2, -0.15) is 0 Å². The zero-order valence-corrected chi connectivity index (χ0v) is 9.53. The highest BCUT2D eigenvalue weighted by atomic mass is 16.2. The molecule has 84 valence electrons. The lowest BCUT2D eigenvalue weighted by molar-refractivity contribution is -0.122. The normalized spacial score (nSPS) is 12.9. The van der Waals surface area contributed by atoms with Crippen molar-refractivity contribution < 1.29 is 4.79 Å². The number of amides is 1. The molecule has 0 saturated heterocycles. The van der Waals surface area contributed by atoms with Gasteiger partial charge in [0.2, 0.25) is 5.91 Å². The topological polar surface area (TPSA) is 60.0 Å². The first-order valence-electron chi connectivity index (χ1n) is 5.20. The van der Waals surface area contributed by atoms with E-state index in [1.165, 1.54) is 0 Å². The fourth-order valence-corrected chi connectivity index (χ4v) is 1.51. The molecule has 4 nitrogen and oxygen atoms in total. The van der Waals surface area contributed by atoms with Gasteiger partial charge in [0.25, 0.3) is 0 Å². The van der Waals surface area contributed by atoms with Crippen molar-refractivity contribution in [3.05, 3.63) is 24.0 Å². The molecule has 1 aromatic rings. The van der Waals surface area contributed by atoms with Gasteiger partial charge in [-0.3, -0.25) is 4.79 Å². The Morgan fingerprint density at radius 2 is 2.20 bits per heavy atom. The van der Waals surface area contributed by atoms with Crippen LogP contribution in [0, 0.1) is 0 Å². The van der Waals surface area contributed by atoms with Gasteiger partial charge in [-0.1, -0.05) is 0 Å². The molecule has 0 aromatic carbocycles. The number of nitrogens with zero attached hydrogens (tertiary/aromatic N) is 1. The van der Waals surface area contributed by atoms with E-state index in [4.69, 9.17) is 5.73 Å². The average molecular weight is 209 g/mol. The number of nitrogens with two attached hydrogens (primary N) is 1. The minimum atomic E-state index is -0.0492. The van der Waals surface area contributed by atoms with Crippen molar-refractivity contribution in [1.82, 2.24) is 9.88 Å². The molecule has 1 unspecified atom stereocenters. The van der Waals surface area contributed by atoms with Gasteiger partial charge in [0.05, 0.1) is 0 Å². The number of aromatic nitrogens is 1. The summed E-state index contributed by atoms with van der Waals surface area (Å²) in [7, 11) is 0. The Balaban J connectivity index is 2.64. The minimum Gasteiger partial charge on any atom is -0.352 e. The van der Waals surface area contributed by atoms with Crippen LogP contribution in [0.4, 0.5) is 0 Å². The second kappa shape index (κ2) is 4.98. The molecule has 0 bridgehead atoms. The van der Waals surface area contributed by atoms with Crippen molar-refractivity contribution in [1.29, 1.82) is 0 Å². The summed E-state index contributed by atoms with van der Waals surface area (Å²) < 4.78 is 1.88. The lowest BCUT2D eigenvalue weighted by atomic mass is 10.2. The van der Waals surface area contributed by atoms with Crippen LogP contribution >= 0.6 is 0 Å². The van der Waals surface area contributed by atoms with Crippen LogP contribution in [0.5, 0.6) is 0 Å². The molecule has 1 amide bonds. The van der Waals surface area contributed by atoms with Crippen LogP contribution in [0.1, 0.15) is 32.5 Å². The molecule has 1 heterocycles. The van der Waals surface area contributed by atoms with Crippen LogP contribution in [-0.4, -0.2) is 16.5 Å². The molecule has 0 spiro atoms. The molecule has 1 aromatic heterocycles. The molecule has 4 heteroatoms. The highest BCUT2D eigenvalue weighted by Crippen LogP contribution is 2.10. The average Bonchev–Trinajstić information content (AvgIpc) is 2.50. The van der Waals surface area contributed by atoms with Gasteiger partial charge < -0.3 is 15.6 Å². The van der Waals surface area contributed by atoms with E-state index in [9.17, 15) is 4.79 Å². The van der Waals surface area contributed by atoms with Crippen LogP contribution in [0.3, 0.4) is 0 Å². The molecule has 3 N–H and O–H groups in total. The Kier molecular flexibility index (Phi) is 3.91. The number of hydrogen-bond acceptors (Lipinski definition) is 2. The summed E-state index contributed by atoms with van der Waals surface area (Å²) in [4.78, 5) is 11.5. The van der Waals surface area contributed by atoms with Gasteiger partial charge in [0.1, 0.15) is 6.54 Å². The van der Waals surface area contributed by atoms with Crippen LogP contribution in [0.15, 0.2) is 18.3 Å². The van der Waals surface area contributed by atoms with E-state index < -0.39 is 0 Å². The monoisotopic (exact) mass is 209 g/mol. The van der Waals surface area contributed by atoms with Crippen molar-refractivity contribution in [3.63, 3.8) is 0 Å². The van der Waals surface area contributed by atoms with Crippen molar-refractivity contribution >= 4 is 5.91 Å². The molecule has 0 aliphatic rings. The molecular formula is C11H19N3O. The number of carbonyl (C=O) groups excluding carboxylic acids is 1. The van der Waals surface area contributed by atoms with E-state index in [0.717, 1.165) is 5.69 Å². The van der Waals surface area contributed by atoms with E-state index in [2.05, 4.69) is 5.32 Å². The van der Waals surface area contributed by atoms with E-state index in [-0.39, 0.29) is 18.0 Å². The standard InChI is InChI=1S/C11H19N3O/c1-8(2)13-11(15)7-14-6-4-5-10(14)9(3)12/h4-6,8-9H,7,12H2,1-3H3,(H,13,15). The van der Waals surface area contributed by atoms with Gasteiger partial charge in [0.15, 0.2) is 0 Å². The fraction of sp³-hybridized carbons (Fsp3) is 0.545. The summed E-state index contributed by atoms with van der Waals surface area (Å²) in [6.07, 6.45) is 1.87. The Morgan fingerprint density at radius 3 is 2.73 bits per heavy atom. The third kappa shape index (κ3) is 3.40. The molecule has 1 rings (SSSR count). The van der Waals surface area contributed by atoms with Crippen LogP contribution in [-0.2, 0) is 11.3 Å². The third-order valence-corrected chi connectivity index (χ3v) is 2.09. The highest BCUT2D eigenvalue weighted by Gasteiger charge is 2.09. The Morgan fingerprint density at radius 1 is 1.53 bits per heavy atom.